The quantitative estimate of drug-likeness (QED) is 0.260. The van der Waals surface area contributed by atoms with E-state index >= 15 is 0 Å². The minimum Gasteiger partial charge on any atom is -0.450 e. The van der Waals surface area contributed by atoms with Crippen molar-refractivity contribution in [1.29, 1.82) is 0 Å². The summed E-state index contributed by atoms with van der Waals surface area (Å²) in [5, 5.41) is 0.524. The average molecular weight is 565 g/mol. The fourth-order valence-electron chi connectivity index (χ4n) is 6.08. The molecule has 1 atom stereocenters. The lowest BCUT2D eigenvalue weighted by molar-refractivity contribution is -0.126. The highest BCUT2D eigenvalue weighted by Crippen LogP contribution is 2.53. The topological polar surface area (TPSA) is 70.8 Å². The molecule has 8 heteroatoms. The fourth-order valence-corrected chi connectivity index (χ4v) is 6.25. The van der Waals surface area contributed by atoms with Crippen molar-refractivity contribution in [2.24, 2.45) is 0 Å². The molecular weight excluding hydrogens is 543 g/mol. The number of amides is 2. The highest BCUT2D eigenvalue weighted by atomic mass is 35.5. The first-order valence-electron chi connectivity index (χ1n) is 13.2. The summed E-state index contributed by atoms with van der Waals surface area (Å²) in [5.41, 5.74) is 0.742. The smallest absolute Gasteiger partial charge is 0.291 e. The van der Waals surface area contributed by atoms with E-state index in [1.54, 1.807) is 53.4 Å². The van der Waals surface area contributed by atoms with E-state index in [0.29, 0.717) is 28.3 Å². The number of hydrogen-bond acceptors (Lipinski definition) is 4. The maximum absolute atomic E-state index is 14.8. The largest absolute Gasteiger partial charge is 0.450 e. The summed E-state index contributed by atoms with van der Waals surface area (Å²) in [4.78, 5) is 46.2. The first-order valence-corrected chi connectivity index (χ1v) is 13.6. The summed E-state index contributed by atoms with van der Waals surface area (Å²) in [7, 11) is 0. The van der Waals surface area contributed by atoms with Crippen LogP contribution in [0.3, 0.4) is 0 Å². The predicted molar refractivity (Wildman–Crippen MR) is 153 cm³/mol. The Morgan fingerprint density at radius 1 is 0.829 bits per heavy atom. The third kappa shape index (κ3) is 3.73. The van der Waals surface area contributed by atoms with Crippen molar-refractivity contribution in [1.82, 2.24) is 4.90 Å². The van der Waals surface area contributed by atoms with Crippen LogP contribution in [0.15, 0.2) is 106 Å². The maximum atomic E-state index is 14.8. The molecule has 1 aromatic heterocycles. The van der Waals surface area contributed by atoms with E-state index in [-0.39, 0.29) is 41.2 Å². The number of carbonyl (C=O) groups is 2. The molecule has 3 heterocycles. The Morgan fingerprint density at radius 3 is 2.34 bits per heavy atom. The minimum atomic E-state index is -1.74. The van der Waals surface area contributed by atoms with Crippen LogP contribution in [0, 0.1) is 5.82 Å². The van der Waals surface area contributed by atoms with E-state index in [4.69, 9.17) is 16.0 Å². The number of rotatable bonds is 5. The molecule has 2 aliphatic heterocycles. The second kappa shape index (κ2) is 9.42. The van der Waals surface area contributed by atoms with Gasteiger partial charge in [-0.3, -0.25) is 14.4 Å². The number of halogens is 2. The van der Waals surface area contributed by atoms with Crippen LogP contribution < -0.4 is 10.3 Å². The number of nitrogens with zero attached hydrogens (tertiary/aromatic N) is 2. The van der Waals surface area contributed by atoms with Crippen LogP contribution in [0.25, 0.3) is 11.0 Å². The second-order valence-corrected chi connectivity index (χ2v) is 10.6. The zero-order chi connectivity index (χ0) is 28.3. The first kappa shape index (κ1) is 25.2. The molecule has 5 aromatic rings. The van der Waals surface area contributed by atoms with Gasteiger partial charge in [-0.1, -0.05) is 72.3 Å². The molecule has 0 radical (unpaired) electrons. The molecule has 0 bridgehead atoms. The maximum Gasteiger partial charge on any atom is 0.291 e. The van der Waals surface area contributed by atoms with Gasteiger partial charge in [-0.15, -0.1) is 0 Å². The van der Waals surface area contributed by atoms with Gasteiger partial charge in [0.05, 0.1) is 23.2 Å². The zero-order valence-electron chi connectivity index (χ0n) is 21.6. The van der Waals surface area contributed by atoms with Crippen LogP contribution in [0.5, 0.6) is 0 Å². The van der Waals surface area contributed by atoms with Crippen LogP contribution in [0.2, 0.25) is 5.02 Å². The van der Waals surface area contributed by atoms with Crippen molar-refractivity contribution >= 4 is 40.1 Å². The van der Waals surface area contributed by atoms with Crippen LogP contribution in [0.1, 0.15) is 32.8 Å². The molecule has 202 valence electrons. The SMILES string of the molecule is O=C1c2oc3ccc(Cl)cc3c(=O)c2C2(C(=O)N(Cc3ccc(F)cc3)c3ccccc32)N1CCc1ccccc1. The van der Waals surface area contributed by atoms with E-state index in [0.717, 1.165) is 5.56 Å². The molecule has 41 heavy (non-hydrogen) atoms. The van der Waals surface area contributed by atoms with Gasteiger partial charge in [0, 0.05) is 17.1 Å². The van der Waals surface area contributed by atoms with Crippen LogP contribution in [-0.4, -0.2) is 23.3 Å². The molecule has 2 aliphatic rings. The number of benzene rings is 4. The number of hydrogen-bond donors (Lipinski definition) is 0. The van der Waals surface area contributed by atoms with Gasteiger partial charge in [-0.25, -0.2) is 4.39 Å². The number of fused-ring (bicyclic) bond motifs is 5. The zero-order valence-corrected chi connectivity index (χ0v) is 22.4. The van der Waals surface area contributed by atoms with Gasteiger partial charge in [-0.05, 0) is 53.9 Å². The van der Waals surface area contributed by atoms with Gasteiger partial charge < -0.3 is 14.2 Å². The molecule has 7 rings (SSSR count). The lowest BCUT2D eigenvalue weighted by Crippen LogP contribution is -2.53. The number of carbonyl (C=O) groups excluding carboxylic acids is 2. The lowest BCUT2D eigenvalue weighted by Gasteiger charge is -2.34. The first-order chi connectivity index (χ1) is 19.9. The van der Waals surface area contributed by atoms with Gasteiger partial charge in [-0.2, -0.15) is 0 Å². The fraction of sp³-hybridized carbons (Fsp3) is 0.121. The Labute approximate surface area is 239 Å². The van der Waals surface area contributed by atoms with Gasteiger partial charge in [0.1, 0.15) is 11.4 Å². The Bertz CT molecular complexity index is 1920. The predicted octanol–water partition coefficient (Wildman–Crippen LogP) is 6.07. The Kier molecular flexibility index (Phi) is 5.80. The summed E-state index contributed by atoms with van der Waals surface area (Å²) < 4.78 is 19.8. The van der Waals surface area contributed by atoms with Crippen molar-refractivity contribution in [3.8, 4) is 0 Å². The van der Waals surface area contributed by atoms with Crippen LogP contribution >= 0.6 is 11.6 Å². The van der Waals surface area contributed by atoms with E-state index in [9.17, 15) is 18.8 Å². The lowest BCUT2D eigenvalue weighted by atomic mass is 9.83. The standard InChI is InChI=1S/C33H22ClFN2O4/c34-22-12-15-27-24(18-22)29(38)28-30(41-27)31(39)37(17-16-20-6-2-1-3-7-20)33(28)25-8-4-5-9-26(25)36(32(33)40)19-21-10-13-23(35)14-11-21/h1-15,18H,16-17,19H2. The molecule has 4 aromatic carbocycles. The molecule has 6 nitrogen and oxygen atoms in total. The third-order valence-electron chi connectivity index (χ3n) is 7.92. The molecule has 1 spiro atoms. The van der Waals surface area contributed by atoms with Crippen molar-refractivity contribution in [2.45, 2.75) is 18.5 Å². The average Bonchev–Trinajstić information content (AvgIpc) is 3.38. The normalized spacial score (nSPS) is 17.5. The Balaban J connectivity index is 1.47. The van der Waals surface area contributed by atoms with E-state index in [1.165, 1.54) is 23.1 Å². The minimum absolute atomic E-state index is 0.00983. The van der Waals surface area contributed by atoms with Crippen molar-refractivity contribution < 1.29 is 18.4 Å². The molecule has 2 amide bonds. The molecule has 0 saturated heterocycles. The molecule has 0 saturated carbocycles. The highest BCUT2D eigenvalue weighted by Gasteiger charge is 2.64. The highest BCUT2D eigenvalue weighted by molar-refractivity contribution is 6.31. The summed E-state index contributed by atoms with van der Waals surface area (Å²) in [5.74, 6) is -1.51. The Hall–Kier alpha value is -4.75. The molecular formula is C33H22ClFN2O4. The monoisotopic (exact) mass is 564 g/mol. The van der Waals surface area contributed by atoms with Crippen molar-refractivity contribution in [3.63, 3.8) is 0 Å². The number of para-hydroxylation sites is 1. The van der Waals surface area contributed by atoms with Crippen molar-refractivity contribution in [3.05, 3.63) is 146 Å². The van der Waals surface area contributed by atoms with Gasteiger partial charge in [0.2, 0.25) is 5.76 Å². The van der Waals surface area contributed by atoms with Gasteiger partial charge in [0.15, 0.2) is 11.0 Å². The molecule has 0 fully saturated rings. The van der Waals surface area contributed by atoms with E-state index in [1.807, 2.05) is 30.3 Å². The second-order valence-electron chi connectivity index (χ2n) is 10.2. The molecule has 0 aliphatic carbocycles. The molecule has 0 N–H and O–H groups in total. The Morgan fingerprint density at radius 2 is 1.56 bits per heavy atom. The summed E-state index contributed by atoms with van der Waals surface area (Å²) in [6, 6.07) is 27.3. The summed E-state index contributed by atoms with van der Waals surface area (Å²) >= 11 is 6.24. The van der Waals surface area contributed by atoms with Crippen LogP contribution in [-0.2, 0) is 23.3 Å². The molecule has 1 unspecified atom stereocenters. The summed E-state index contributed by atoms with van der Waals surface area (Å²) in [6.45, 7) is 0.284. The summed E-state index contributed by atoms with van der Waals surface area (Å²) in [6.07, 6.45) is 0.454. The van der Waals surface area contributed by atoms with Gasteiger partial charge >= 0.3 is 0 Å². The van der Waals surface area contributed by atoms with Crippen LogP contribution in [0.4, 0.5) is 10.1 Å². The number of anilines is 1. The van der Waals surface area contributed by atoms with Crippen molar-refractivity contribution in [2.75, 3.05) is 11.4 Å². The van der Waals surface area contributed by atoms with E-state index in [2.05, 4.69) is 0 Å². The van der Waals surface area contributed by atoms with E-state index < -0.39 is 22.8 Å². The van der Waals surface area contributed by atoms with Gasteiger partial charge in [0.25, 0.3) is 11.8 Å². The third-order valence-corrected chi connectivity index (χ3v) is 8.15.